The van der Waals surface area contributed by atoms with Crippen molar-refractivity contribution >= 4 is 15.2 Å². The Balaban J connectivity index is 2.83. The van der Waals surface area contributed by atoms with Crippen molar-refractivity contribution in [3.05, 3.63) is 11.4 Å². The molecule has 0 amide bonds. The lowest BCUT2D eigenvalue weighted by molar-refractivity contribution is 0.320. The fourth-order valence-corrected chi connectivity index (χ4v) is 4.45. The summed E-state index contributed by atoms with van der Waals surface area (Å²) in [5, 5.41) is 0. The molecule has 0 bridgehead atoms. The summed E-state index contributed by atoms with van der Waals surface area (Å²) < 4.78 is 22.4. The minimum Gasteiger partial charge on any atom is -0.401 e. The summed E-state index contributed by atoms with van der Waals surface area (Å²) >= 11 is 0. The molecule has 118 valence electrons. The maximum atomic E-state index is 11.6. The van der Waals surface area contributed by atoms with Gasteiger partial charge in [0, 0.05) is 23.5 Å². The van der Waals surface area contributed by atoms with Crippen LogP contribution in [0.4, 0.5) is 0 Å². The molecule has 8 N–H and O–H groups in total. The van der Waals surface area contributed by atoms with Gasteiger partial charge in [-0.2, -0.15) is 0 Å². The zero-order valence-electron chi connectivity index (χ0n) is 11.1. The van der Waals surface area contributed by atoms with E-state index >= 15 is 0 Å². The van der Waals surface area contributed by atoms with Crippen LogP contribution < -0.4 is 11.5 Å². The van der Waals surface area contributed by atoms with Crippen LogP contribution in [0.2, 0.25) is 0 Å². The van der Waals surface area contributed by atoms with Gasteiger partial charge in [0.15, 0.2) is 0 Å². The highest BCUT2D eigenvalue weighted by Crippen LogP contribution is 2.51. The molecule has 1 rings (SSSR count). The highest BCUT2D eigenvalue weighted by Gasteiger charge is 2.39. The summed E-state index contributed by atoms with van der Waals surface area (Å²) in [4.78, 5) is 36.5. The number of rotatable bonds is 6. The van der Waals surface area contributed by atoms with Crippen molar-refractivity contribution in [3.8, 4) is 0 Å². The van der Waals surface area contributed by atoms with E-state index in [-0.39, 0.29) is 12.8 Å². The molecule has 0 aromatic rings. The molecule has 0 spiro atoms. The first-order chi connectivity index (χ1) is 9.02. The van der Waals surface area contributed by atoms with Crippen LogP contribution in [0.25, 0.3) is 0 Å². The Labute approximate surface area is 117 Å². The second-order valence-electron chi connectivity index (χ2n) is 5.17. The maximum Gasteiger partial charge on any atom is 0.329 e. The smallest absolute Gasteiger partial charge is 0.329 e. The van der Waals surface area contributed by atoms with Crippen LogP contribution in [-0.2, 0) is 9.13 Å². The molecule has 1 aliphatic rings. The highest BCUT2D eigenvalue weighted by molar-refractivity contribution is 7.52. The Morgan fingerprint density at radius 3 is 2.30 bits per heavy atom. The molecule has 0 radical (unpaired) electrons. The molecule has 2 atom stereocenters. The van der Waals surface area contributed by atoms with Crippen molar-refractivity contribution in [3.63, 3.8) is 0 Å². The van der Waals surface area contributed by atoms with Crippen LogP contribution in [0.1, 0.15) is 32.1 Å². The number of hydrogen-bond acceptors (Lipinski definition) is 4. The second kappa shape index (κ2) is 6.60. The molecule has 8 nitrogen and oxygen atoms in total. The molecule has 2 unspecified atom stereocenters. The van der Waals surface area contributed by atoms with Gasteiger partial charge < -0.3 is 31.0 Å². The van der Waals surface area contributed by atoms with E-state index in [9.17, 15) is 18.9 Å². The first kappa shape index (κ1) is 17.7. The van der Waals surface area contributed by atoms with Gasteiger partial charge >= 0.3 is 15.2 Å². The van der Waals surface area contributed by atoms with Crippen molar-refractivity contribution in [1.29, 1.82) is 0 Å². The van der Waals surface area contributed by atoms with Gasteiger partial charge in [0.25, 0.3) is 0 Å². The summed E-state index contributed by atoms with van der Waals surface area (Å²) in [6.07, 6.45) is 1.48. The summed E-state index contributed by atoms with van der Waals surface area (Å²) in [6.45, 7) is 0. The van der Waals surface area contributed by atoms with Crippen LogP contribution in [0.15, 0.2) is 11.4 Å². The van der Waals surface area contributed by atoms with E-state index in [0.29, 0.717) is 30.7 Å². The summed E-state index contributed by atoms with van der Waals surface area (Å²) in [6, 6.07) is 0. The standard InChI is InChI=1S/C10H22N2O6P2/c11-8-4-1-3-7(10(8)12)9(20(16,17)18)5-2-6-19(13,14)15/h7,9H,1-6,11-12H2,(H2,13,14,15)(H2,16,17,18). The maximum absolute atomic E-state index is 11.6. The normalized spacial score (nSPS) is 22.9. The quantitative estimate of drug-likeness (QED) is 0.381. The molecule has 0 aromatic carbocycles. The van der Waals surface area contributed by atoms with Crippen molar-refractivity contribution in [1.82, 2.24) is 0 Å². The lowest BCUT2D eigenvalue weighted by atomic mass is 9.86. The average molecular weight is 328 g/mol. The Hall–Kier alpha value is -0.360. The number of allylic oxidation sites excluding steroid dienone is 2. The minimum absolute atomic E-state index is 0.00797. The van der Waals surface area contributed by atoms with E-state index in [4.69, 9.17) is 21.3 Å². The molecule has 0 aliphatic heterocycles. The summed E-state index contributed by atoms with van der Waals surface area (Å²) in [5.74, 6) is -0.527. The van der Waals surface area contributed by atoms with Crippen molar-refractivity contribution in [2.45, 2.75) is 37.8 Å². The molecule has 20 heavy (non-hydrogen) atoms. The van der Waals surface area contributed by atoms with Gasteiger partial charge in [0.2, 0.25) is 0 Å². The molecule has 0 fully saturated rings. The first-order valence-corrected chi connectivity index (χ1v) is 9.84. The highest BCUT2D eigenvalue weighted by atomic mass is 31.2. The summed E-state index contributed by atoms with van der Waals surface area (Å²) in [5.41, 5.74) is 11.3. The Morgan fingerprint density at radius 2 is 1.80 bits per heavy atom. The van der Waals surface area contributed by atoms with Crippen LogP contribution in [0, 0.1) is 5.92 Å². The average Bonchev–Trinajstić information content (AvgIpc) is 2.26. The topological polar surface area (TPSA) is 167 Å². The Bertz CT molecular complexity index is 468. The van der Waals surface area contributed by atoms with Crippen molar-refractivity contribution < 1.29 is 28.7 Å². The van der Waals surface area contributed by atoms with E-state index in [2.05, 4.69) is 0 Å². The molecule has 0 saturated heterocycles. The third kappa shape index (κ3) is 5.20. The van der Waals surface area contributed by atoms with E-state index in [1.807, 2.05) is 0 Å². The predicted octanol–water partition coefficient (Wildman–Crippen LogP) is 0.420. The molecule has 0 aromatic heterocycles. The monoisotopic (exact) mass is 328 g/mol. The number of hydrogen-bond donors (Lipinski definition) is 6. The predicted molar refractivity (Wildman–Crippen MR) is 74.7 cm³/mol. The zero-order valence-corrected chi connectivity index (χ0v) is 12.8. The van der Waals surface area contributed by atoms with Crippen molar-refractivity contribution in [2.24, 2.45) is 17.4 Å². The third-order valence-corrected chi connectivity index (χ3v) is 5.96. The fourth-order valence-electron chi connectivity index (χ4n) is 2.56. The van der Waals surface area contributed by atoms with Gasteiger partial charge in [-0.15, -0.1) is 0 Å². The second-order valence-corrected chi connectivity index (χ2v) is 8.78. The van der Waals surface area contributed by atoms with Gasteiger partial charge in [-0.25, -0.2) is 0 Å². The summed E-state index contributed by atoms with van der Waals surface area (Å²) in [7, 11) is -8.58. The molecular formula is C10H22N2O6P2. The van der Waals surface area contributed by atoms with Crippen LogP contribution in [-0.4, -0.2) is 31.4 Å². The number of nitrogens with two attached hydrogens (primary N) is 2. The van der Waals surface area contributed by atoms with E-state index in [1.165, 1.54) is 0 Å². The van der Waals surface area contributed by atoms with Gasteiger partial charge in [-0.1, -0.05) is 0 Å². The van der Waals surface area contributed by atoms with E-state index in [0.717, 1.165) is 0 Å². The Morgan fingerprint density at radius 1 is 1.20 bits per heavy atom. The van der Waals surface area contributed by atoms with Crippen molar-refractivity contribution in [2.75, 3.05) is 6.16 Å². The molecule has 10 heteroatoms. The molecular weight excluding hydrogens is 306 g/mol. The fraction of sp³-hybridized carbons (Fsp3) is 0.800. The van der Waals surface area contributed by atoms with Crippen LogP contribution in [0.5, 0.6) is 0 Å². The van der Waals surface area contributed by atoms with E-state index in [1.54, 1.807) is 0 Å². The van der Waals surface area contributed by atoms with Gasteiger partial charge in [-0.3, -0.25) is 9.13 Å². The van der Waals surface area contributed by atoms with E-state index < -0.39 is 32.9 Å². The Kier molecular flexibility index (Phi) is 5.84. The lowest BCUT2D eigenvalue weighted by Crippen LogP contribution is -2.32. The molecule has 0 heterocycles. The minimum atomic E-state index is -4.41. The van der Waals surface area contributed by atoms with Gasteiger partial charge in [-0.05, 0) is 32.1 Å². The SMILES string of the molecule is NC1=C(N)C(C(CCCP(=O)(O)O)P(=O)(O)O)CCC1. The van der Waals surface area contributed by atoms with Gasteiger partial charge in [0.1, 0.15) is 0 Å². The largest absolute Gasteiger partial charge is 0.401 e. The molecule has 0 saturated carbocycles. The van der Waals surface area contributed by atoms with Crippen LogP contribution >= 0.6 is 15.2 Å². The first-order valence-electron chi connectivity index (χ1n) is 6.36. The van der Waals surface area contributed by atoms with Gasteiger partial charge in [0.05, 0.1) is 5.66 Å². The van der Waals surface area contributed by atoms with Crippen LogP contribution in [0.3, 0.4) is 0 Å². The lowest BCUT2D eigenvalue weighted by Gasteiger charge is -2.32. The molecule has 1 aliphatic carbocycles. The zero-order chi connectivity index (χ0) is 15.6. The third-order valence-electron chi connectivity index (χ3n) is 3.58.